The second-order valence-electron chi connectivity index (χ2n) is 5.04. The smallest absolute Gasteiger partial charge is 0.194 e. The highest BCUT2D eigenvalue weighted by Crippen LogP contribution is 2.33. The number of halogens is 3. The van der Waals surface area contributed by atoms with Crippen molar-refractivity contribution >= 4 is 11.3 Å². The number of nitrogens with one attached hydrogen (secondary N) is 1. The molecule has 0 spiro atoms. The van der Waals surface area contributed by atoms with Crippen LogP contribution in [0.4, 0.5) is 13.2 Å². The van der Waals surface area contributed by atoms with E-state index in [0.717, 1.165) is 27.8 Å². The van der Waals surface area contributed by atoms with Gasteiger partial charge < -0.3 is 5.32 Å². The molecule has 1 aromatic carbocycles. The van der Waals surface area contributed by atoms with E-state index in [1.54, 1.807) is 11.3 Å². The SMILES string of the molecule is CCCNC(c1cc(C)c(C)s1)c1ccc(F)c(F)c1F. The lowest BCUT2D eigenvalue weighted by atomic mass is 10.0. The fraction of sp³-hybridized carbons (Fsp3) is 0.375. The van der Waals surface area contributed by atoms with Crippen LogP contribution in [0.5, 0.6) is 0 Å². The predicted molar refractivity (Wildman–Crippen MR) is 80.2 cm³/mol. The van der Waals surface area contributed by atoms with Crippen molar-refractivity contribution in [2.45, 2.75) is 33.2 Å². The minimum Gasteiger partial charge on any atom is -0.306 e. The van der Waals surface area contributed by atoms with Gasteiger partial charge in [0.05, 0.1) is 6.04 Å². The monoisotopic (exact) mass is 313 g/mol. The maximum absolute atomic E-state index is 14.1. The van der Waals surface area contributed by atoms with Crippen molar-refractivity contribution in [2.75, 3.05) is 6.54 Å². The molecule has 1 nitrogen and oxygen atoms in total. The molecule has 114 valence electrons. The quantitative estimate of drug-likeness (QED) is 0.776. The molecule has 0 saturated carbocycles. The first-order valence-electron chi connectivity index (χ1n) is 6.89. The fourth-order valence-electron chi connectivity index (χ4n) is 2.16. The highest BCUT2D eigenvalue weighted by molar-refractivity contribution is 7.12. The Hall–Kier alpha value is -1.33. The largest absolute Gasteiger partial charge is 0.306 e. The van der Waals surface area contributed by atoms with Crippen LogP contribution in [0.1, 0.15) is 40.3 Å². The Balaban J connectivity index is 2.47. The van der Waals surface area contributed by atoms with Crippen molar-refractivity contribution in [3.63, 3.8) is 0 Å². The van der Waals surface area contributed by atoms with Crippen LogP contribution in [-0.4, -0.2) is 6.54 Å². The van der Waals surface area contributed by atoms with E-state index >= 15 is 0 Å². The molecular weight excluding hydrogens is 295 g/mol. The number of thiophene rings is 1. The third-order valence-electron chi connectivity index (χ3n) is 3.44. The molecule has 1 atom stereocenters. The first-order valence-corrected chi connectivity index (χ1v) is 7.71. The van der Waals surface area contributed by atoms with E-state index in [0.29, 0.717) is 6.54 Å². The summed E-state index contributed by atoms with van der Waals surface area (Å²) >= 11 is 1.54. The minimum atomic E-state index is -1.42. The van der Waals surface area contributed by atoms with Gasteiger partial charge in [-0.1, -0.05) is 13.0 Å². The Morgan fingerprint density at radius 2 is 1.86 bits per heavy atom. The number of hydrogen-bond acceptors (Lipinski definition) is 2. The number of benzene rings is 1. The van der Waals surface area contributed by atoms with E-state index in [2.05, 4.69) is 5.32 Å². The summed E-state index contributed by atoms with van der Waals surface area (Å²) in [5.41, 5.74) is 1.25. The molecule has 0 saturated heterocycles. The number of rotatable bonds is 5. The lowest BCUT2D eigenvalue weighted by Crippen LogP contribution is -2.24. The van der Waals surface area contributed by atoms with Gasteiger partial charge in [0.25, 0.3) is 0 Å². The van der Waals surface area contributed by atoms with Crippen LogP contribution in [0.15, 0.2) is 18.2 Å². The van der Waals surface area contributed by atoms with Crippen LogP contribution in [0.2, 0.25) is 0 Å². The first kappa shape index (κ1) is 16.0. The topological polar surface area (TPSA) is 12.0 Å². The van der Waals surface area contributed by atoms with Crippen molar-refractivity contribution in [3.8, 4) is 0 Å². The molecule has 1 unspecified atom stereocenters. The molecule has 2 rings (SSSR count). The highest BCUT2D eigenvalue weighted by atomic mass is 32.1. The summed E-state index contributed by atoms with van der Waals surface area (Å²) in [6.45, 7) is 6.63. The number of aryl methyl sites for hydroxylation is 2. The third kappa shape index (κ3) is 3.30. The van der Waals surface area contributed by atoms with Gasteiger partial charge in [0.2, 0.25) is 0 Å². The summed E-state index contributed by atoms with van der Waals surface area (Å²) in [4.78, 5) is 2.04. The summed E-state index contributed by atoms with van der Waals surface area (Å²) < 4.78 is 40.7. The van der Waals surface area contributed by atoms with Crippen LogP contribution in [0.25, 0.3) is 0 Å². The van der Waals surface area contributed by atoms with E-state index in [-0.39, 0.29) is 5.56 Å². The van der Waals surface area contributed by atoms with Gasteiger partial charge in [0.15, 0.2) is 17.5 Å². The zero-order valence-corrected chi connectivity index (χ0v) is 13.1. The van der Waals surface area contributed by atoms with Gasteiger partial charge in [-0.2, -0.15) is 0 Å². The summed E-state index contributed by atoms with van der Waals surface area (Å²) in [5.74, 6) is -3.70. The highest BCUT2D eigenvalue weighted by Gasteiger charge is 2.23. The Bertz CT molecular complexity index is 617. The standard InChI is InChI=1S/C16H18F3NS/c1-4-7-20-16(13-8-9(2)10(3)21-13)11-5-6-12(17)15(19)14(11)18/h5-6,8,16,20H,4,7H2,1-3H3. The normalized spacial score (nSPS) is 12.7. The van der Waals surface area contributed by atoms with E-state index in [1.807, 2.05) is 26.8 Å². The molecule has 0 aliphatic heterocycles. The molecule has 21 heavy (non-hydrogen) atoms. The zero-order chi connectivity index (χ0) is 15.6. The minimum absolute atomic E-state index is 0.142. The van der Waals surface area contributed by atoms with E-state index < -0.39 is 23.5 Å². The average Bonchev–Trinajstić information content (AvgIpc) is 2.78. The average molecular weight is 313 g/mol. The van der Waals surface area contributed by atoms with E-state index in [9.17, 15) is 13.2 Å². The van der Waals surface area contributed by atoms with Crippen molar-refractivity contribution in [2.24, 2.45) is 0 Å². The van der Waals surface area contributed by atoms with Crippen molar-refractivity contribution < 1.29 is 13.2 Å². The van der Waals surface area contributed by atoms with Crippen molar-refractivity contribution in [1.29, 1.82) is 0 Å². The molecule has 5 heteroatoms. The van der Waals surface area contributed by atoms with Crippen LogP contribution < -0.4 is 5.32 Å². The van der Waals surface area contributed by atoms with Crippen LogP contribution in [0, 0.1) is 31.3 Å². The number of hydrogen-bond donors (Lipinski definition) is 1. The van der Waals surface area contributed by atoms with Crippen LogP contribution >= 0.6 is 11.3 Å². The molecule has 0 bridgehead atoms. The van der Waals surface area contributed by atoms with Crippen molar-refractivity contribution in [3.05, 3.63) is 56.5 Å². The molecule has 0 amide bonds. The predicted octanol–water partition coefficient (Wildman–Crippen LogP) is 4.87. The zero-order valence-electron chi connectivity index (χ0n) is 12.3. The van der Waals surface area contributed by atoms with Gasteiger partial charge >= 0.3 is 0 Å². The molecular formula is C16H18F3NS. The van der Waals surface area contributed by atoms with Crippen LogP contribution in [-0.2, 0) is 0 Å². The Kier molecular flexibility index (Phi) is 5.06. The summed E-state index contributed by atoms with van der Waals surface area (Å²) in [6.07, 6.45) is 0.866. The summed E-state index contributed by atoms with van der Waals surface area (Å²) in [6, 6.07) is 3.79. The lowest BCUT2D eigenvalue weighted by Gasteiger charge is -2.18. The third-order valence-corrected chi connectivity index (χ3v) is 4.66. The van der Waals surface area contributed by atoms with Gasteiger partial charge in [-0.3, -0.25) is 0 Å². The Labute approximate surface area is 126 Å². The Morgan fingerprint density at radius 1 is 1.14 bits per heavy atom. The van der Waals surface area contributed by atoms with E-state index in [1.165, 1.54) is 6.07 Å². The lowest BCUT2D eigenvalue weighted by molar-refractivity contribution is 0.433. The fourth-order valence-corrected chi connectivity index (χ4v) is 3.30. The second kappa shape index (κ2) is 6.62. The van der Waals surface area contributed by atoms with Gasteiger partial charge in [0, 0.05) is 15.3 Å². The van der Waals surface area contributed by atoms with E-state index in [4.69, 9.17) is 0 Å². The van der Waals surface area contributed by atoms with Crippen LogP contribution in [0.3, 0.4) is 0 Å². The summed E-state index contributed by atoms with van der Waals surface area (Å²) in [5, 5.41) is 3.21. The molecule has 1 aromatic heterocycles. The van der Waals surface area contributed by atoms with Gasteiger partial charge in [-0.25, -0.2) is 13.2 Å². The maximum atomic E-state index is 14.1. The van der Waals surface area contributed by atoms with Crippen molar-refractivity contribution in [1.82, 2.24) is 5.32 Å². The van der Waals surface area contributed by atoms with Gasteiger partial charge in [0.1, 0.15) is 0 Å². The first-order chi connectivity index (χ1) is 9.95. The second-order valence-corrected chi connectivity index (χ2v) is 6.33. The summed E-state index contributed by atoms with van der Waals surface area (Å²) in [7, 11) is 0. The van der Waals surface area contributed by atoms with Gasteiger partial charge in [-0.05, 0) is 44.5 Å². The molecule has 2 aromatic rings. The van der Waals surface area contributed by atoms with Gasteiger partial charge in [-0.15, -0.1) is 11.3 Å². The molecule has 0 aliphatic carbocycles. The maximum Gasteiger partial charge on any atom is 0.194 e. The molecule has 0 aliphatic rings. The molecule has 1 N–H and O–H groups in total. The molecule has 1 heterocycles. The molecule has 0 radical (unpaired) electrons. The molecule has 0 fully saturated rings. The Morgan fingerprint density at radius 3 is 2.43 bits per heavy atom.